The number of rotatable bonds is 7. The smallest absolute Gasteiger partial charge is 0.339 e. The fraction of sp³-hybridized carbons (Fsp3) is 0.120. The molecule has 0 aliphatic rings. The molecule has 0 heterocycles. The summed E-state index contributed by atoms with van der Waals surface area (Å²) < 4.78 is 18.6. The third-order valence-electron chi connectivity index (χ3n) is 4.57. The van der Waals surface area contributed by atoms with E-state index in [4.69, 9.17) is 16.3 Å². The minimum atomic E-state index is -0.671. The molecule has 0 unspecified atom stereocenters. The van der Waals surface area contributed by atoms with Crippen molar-refractivity contribution in [1.82, 2.24) is 0 Å². The van der Waals surface area contributed by atoms with Crippen LogP contribution in [0.5, 0.6) is 0 Å². The van der Waals surface area contributed by atoms with Crippen LogP contribution in [0, 0.1) is 5.82 Å². The highest BCUT2D eigenvalue weighted by atomic mass is 35.5. The van der Waals surface area contributed by atoms with Gasteiger partial charge in [0.1, 0.15) is 5.82 Å². The summed E-state index contributed by atoms with van der Waals surface area (Å²) in [5, 5.41) is 0.567. The van der Waals surface area contributed by atoms with E-state index in [-0.39, 0.29) is 18.0 Å². The lowest BCUT2D eigenvalue weighted by Gasteiger charge is -2.09. The molecule has 30 heavy (non-hydrogen) atoms. The molecule has 0 spiro atoms. The molecule has 0 N–H and O–H groups in total. The van der Waals surface area contributed by atoms with Crippen LogP contribution in [0.15, 0.2) is 72.8 Å². The zero-order valence-electron chi connectivity index (χ0n) is 16.4. The minimum absolute atomic E-state index is 0.214. The van der Waals surface area contributed by atoms with Gasteiger partial charge in [-0.25, -0.2) is 9.18 Å². The first-order chi connectivity index (χ1) is 14.5. The first-order valence-electron chi connectivity index (χ1n) is 9.48. The SMILES string of the molecule is CCc1ccc(C(=O)COC(=O)C(=Cc2ccc(Cl)cc2)c2ccc(F)cc2)cc1. The van der Waals surface area contributed by atoms with Gasteiger partial charge in [0.2, 0.25) is 0 Å². The lowest BCUT2D eigenvalue weighted by molar-refractivity contribution is -0.135. The number of hydrogen-bond acceptors (Lipinski definition) is 3. The Morgan fingerprint density at radius 1 is 0.900 bits per heavy atom. The van der Waals surface area contributed by atoms with Gasteiger partial charge in [0.05, 0.1) is 5.57 Å². The standard InChI is InChI=1S/C25H20ClFO3/c1-2-17-3-7-20(8-4-17)24(28)16-30-25(29)23(19-9-13-22(27)14-10-19)15-18-5-11-21(26)12-6-18/h3-15H,2,16H2,1H3. The number of carbonyl (C=O) groups is 2. The molecule has 0 bridgehead atoms. The van der Waals surface area contributed by atoms with Crippen LogP contribution in [0.4, 0.5) is 4.39 Å². The first kappa shape index (κ1) is 21.5. The molecule has 0 radical (unpaired) electrons. The highest BCUT2D eigenvalue weighted by Crippen LogP contribution is 2.22. The van der Waals surface area contributed by atoms with Gasteiger partial charge in [-0.05, 0) is 53.5 Å². The summed E-state index contributed by atoms with van der Waals surface area (Å²) >= 11 is 5.92. The molecular formula is C25H20ClFO3. The number of hydrogen-bond donors (Lipinski definition) is 0. The fourth-order valence-electron chi connectivity index (χ4n) is 2.83. The van der Waals surface area contributed by atoms with Crippen molar-refractivity contribution in [1.29, 1.82) is 0 Å². The Balaban J connectivity index is 1.80. The Hall–Kier alpha value is -3.24. The van der Waals surface area contributed by atoms with Crippen molar-refractivity contribution in [2.24, 2.45) is 0 Å². The van der Waals surface area contributed by atoms with E-state index >= 15 is 0 Å². The quantitative estimate of drug-likeness (QED) is 0.203. The maximum absolute atomic E-state index is 13.3. The Morgan fingerprint density at radius 3 is 2.10 bits per heavy atom. The Morgan fingerprint density at radius 2 is 1.50 bits per heavy atom. The van der Waals surface area contributed by atoms with Crippen LogP contribution in [0.1, 0.15) is 34.0 Å². The van der Waals surface area contributed by atoms with E-state index in [1.165, 1.54) is 24.3 Å². The maximum Gasteiger partial charge on any atom is 0.339 e. The van der Waals surface area contributed by atoms with Gasteiger partial charge >= 0.3 is 5.97 Å². The first-order valence-corrected chi connectivity index (χ1v) is 9.86. The van der Waals surface area contributed by atoms with E-state index < -0.39 is 11.8 Å². The third kappa shape index (κ3) is 5.65. The Kier molecular flexibility index (Phi) is 7.15. The minimum Gasteiger partial charge on any atom is -0.454 e. The van der Waals surface area contributed by atoms with E-state index in [9.17, 15) is 14.0 Å². The second-order valence-corrected chi connectivity index (χ2v) is 7.10. The highest BCUT2D eigenvalue weighted by molar-refractivity contribution is 6.30. The average molecular weight is 423 g/mol. The molecular weight excluding hydrogens is 403 g/mol. The average Bonchev–Trinajstić information content (AvgIpc) is 2.77. The monoisotopic (exact) mass is 422 g/mol. The molecule has 0 aliphatic carbocycles. The molecule has 3 rings (SSSR count). The van der Waals surface area contributed by atoms with Crippen molar-refractivity contribution in [3.05, 3.63) is 106 Å². The van der Waals surface area contributed by atoms with E-state index in [2.05, 4.69) is 0 Å². The second kappa shape index (κ2) is 9.99. The lowest BCUT2D eigenvalue weighted by Crippen LogP contribution is -2.15. The zero-order valence-corrected chi connectivity index (χ0v) is 17.2. The van der Waals surface area contributed by atoms with Crippen molar-refractivity contribution in [3.8, 4) is 0 Å². The van der Waals surface area contributed by atoms with Crippen LogP contribution in [-0.4, -0.2) is 18.4 Å². The number of Topliss-reactive ketones (excluding diaryl/α,β-unsaturated/α-hetero) is 1. The normalized spacial score (nSPS) is 11.2. The molecule has 0 atom stereocenters. The van der Waals surface area contributed by atoms with Crippen molar-refractivity contribution >= 4 is 35.0 Å². The van der Waals surface area contributed by atoms with Crippen LogP contribution in [-0.2, 0) is 16.0 Å². The van der Waals surface area contributed by atoms with Crippen LogP contribution in [0.3, 0.4) is 0 Å². The van der Waals surface area contributed by atoms with E-state index in [1.54, 1.807) is 42.5 Å². The number of ketones is 1. The summed E-state index contributed by atoms with van der Waals surface area (Å²) in [5.41, 5.74) is 3.01. The van der Waals surface area contributed by atoms with Gasteiger partial charge in [-0.2, -0.15) is 0 Å². The number of benzene rings is 3. The molecule has 0 saturated carbocycles. The molecule has 3 aromatic rings. The summed E-state index contributed by atoms with van der Waals surface area (Å²) in [6, 6.07) is 19.6. The molecule has 0 saturated heterocycles. The van der Waals surface area contributed by atoms with Crippen molar-refractivity contribution < 1.29 is 18.7 Å². The van der Waals surface area contributed by atoms with Crippen LogP contribution >= 0.6 is 11.6 Å². The van der Waals surface area contributed by atoms with Gasteiger partial charge in [-0.1, -0.05) is 67.1 Å². The highest BCUT2D eigenvalue weighted by Gasteiger charge is 2.17. The van der Waals surface area contributed by atoms with E-state index in [0.29, 0.717) is 16.1 Å². The van der Waals surface area contributed by atoms with Crippen molar-refractivity contribution in [3.63, 3.8) is 0 Å². The number of ether oxygens (including phenoxy) is 1. The van der Waals surface area contributed by atoms with Crippen LogP contribution in [0.25, 0.3) is 11.6 Å². The fourth-order valence-corrected chi connectivity index (χ4v) is 2.96. The van der Waals surface area contributed by atoms with Gasteiger partial charge in [0.15, 0.2) is 12.4 Å². The molecule has 3 nitrogen and oxygen atoms in total. The second-order valence-electron chi connectivity index (χ2n) is 6.67. The molecule has 3 aromatic carbocycles. The molecule has 152 valence electrons. The molecule has 5 heteroatoms. The van der Waals surface area contributed by atoms with Gasteiger partial charge in [-0.3, -0.25) is 4.79 Å². The number of carbonyl (C=O) groups excluding carboxylic acids is 2. The Labute approximate surface area is 179 Å². The molecule has 0 aliphatic heterocycles. The van der Waals surface area contributed by atoms with Crippen molar-refractivity contribution in [2.45, 2.75) is 13.3 Å². The molecule has 0 aromatic heterocycles. The van der Waals surface area contributed by atoms with Crippen LogP contribution < -0.4 is 0 Å². The van der Waals surface area contributed by atoms with E-state index in [0.717, 1.165) is 17.5 Å². The summed E-state index contributed by atoms with van der Waals surface area (Å²) in [6.07, 6.45) is 2.49. The lowest BCUT2D eigenvalue weighted by atomic mass is 10.0. The van der Waals surface area contributed by atoms with Gasteiger partial charge in [0.25, 0.3) is 0 Å². The summed E-state index contributed by atoms with van der Waals surface area (Å²) in [6.45, 7) is 1.64. The zero-order chi connectivity index (χ0) is 21.5. The number of esters is 1. The predicted molar refractivity (Wildman–Crippen MR) is 117 cm³/mol. The predicted octanol–water partition coefficient (Wildman–Crippen LogP) is 6.01. The van der Waals surface area contributed by atoms with Crippen molar-refractivity contribution in [2.75, 3.05) is 6.61 Å². The molecule has 0 fully saturated rings. The van der Waals surface area contributed by atoms with Gasteiger partial charge in [0, 0.05) is 10.6 Å². The maximum atomic E-state index is 13.3. The summed E-state index contributed by atoms with van der Waals surface area (Å²) in [7, 11) is 0. The summed E-state index contributed by atoms with van der Waals surface area (Å²) in [5.74, 6) is -1.38. The largest absolute Gasteiger partial charge is 0.454 e. The Bertz CT molecular complexity index is 1050. The van der Waals surface area contributed by atoms with Gasteiger partial charge < -0.3 is 4.74 Å². The summed E-state index contributed by atoms with van der Waals surface area (Å²) in [4.78, 5) is 25.2. The number of halogens is 2. The van der Waals surface area contributed by atoms with Crippen LogP contribution in [0.2, 0.25) is 5.02 Å². The van der Waals surface area contributed by atoms with Gasteiger partial charge in [-0.15, -0.1) is 0 Å². The third-order valence-corrected chi connectivity index (χ3v) is 4.83. The number of aryl methyl sites for hydroxylation is 1. The van der Waals surface area contributed by atoms with E-state index in [1.807, 2.05) is 19.1 Å². The molecule has 0 amide bonds. The topological polar surface area (TPSA) is 43.4 Å².